The minimum Gasteiger partial charge on any atom is -0.387 e. The number of aliphatic hydroxyl groups is 1. The molecule has 0 aliphatic rings. The van der Waals surface area contributed by atoms with Gasteiger partial charge in [0.2, 0.25) is 5.91 Å². The second kappa shape index (κ2) is 6.35. The van der Waals surface area contributed by atoms with Gasteiger partial charge >= 0.3 is 0 Å². The second-order valence-corrected chi connectivity index (χ2v) is 4.51. The third kappa shape index (κ3) is 3.70. The van der Waals surface area contributed by atoms with Crippen molar-refractivity contribution in [2.75, 3.05) is 32.6 Å². The van der Waals surface area contributed by atoms with Gasteiger partial charge in [0.1, 0.15) is 0 Å². The molecule has 1 atom stereocenters. The molecule has 0 spiro atoms. The van der Waals surface area contributed by atoms with Crippen molar-refractivity contribution in [2.24, 2.45) is 0 Å². The molecule has 0 aliphatic heterocycles. The van der Waals surface area contributed by atoms with Gasteiger partial charge in [-0.3, -0.25) is 9.78 Å². The van der Waals surface area contributed by atoms with Gasteiger partial charge in [0.05, 0.1) is 30.2 Å². The van der Waals surface area contributed by atoms with Gasteiger partial charge in [0.15, 0.2) is 0 Å². The summed E-state index contributed by atoms with van der Waals surface area (Å²) in [5.74, 6) is 0.0372. The summed E-state index contributed by atoms with van der Waals surface area (Å²) in [6.07, 6.45) is 1.80. The molecule has 1 aromatic rings. The number of nitrogens with zero attached hydrogens (tertiary/aromatic N) is 3. The molecule has 1 N–H and O–H groups in total. The Morgan fingerprint density at radius 3 is 2.50 bits per heavy atom. The Kier molecular flexibility index (Phi) is 5.09. The highest BCUT2D eigenvalue weighted by Crippen LogP contribution is 2.17. The fourth-order valence-corrected chi connectivity index (χ4v) is 1.47. The van der Waals surface area contributed by atoms with E-state index in [0.717, 1.165) is 5.69 Å². The third-order valence-corrected chi connectivity index (χ3v) is 2.81. The predicted molar refractivity (Wildman–Crippen MR) is 71.5 cm³/mol. The number of hydrogen-bond donors (Lipinski definition) is 1. The maximum Gasteiger partial charge on any atom is 0.241 e. The molecule has 0 saturated carbocycles. The molecule has 0 aliphatic carbocycles. The lowest BCUT2D eigenvalue weighted by Crippen LogP contribution is -2.34. The van der Waals surface area contributed by atoms with E-state index in [9.17, 15) is 9.90 Å². The van der Waals surface area contributed by atoms with Crippen molar-refractivity contribution in [3.05, 3.63) is 24.0 Å². The van der Waals surface area contributed by atoms with Crippen LogP contribution in [0, 0.1) is 0 Å². The lowest BCUT2D eigenvalue weighted by Gasteiger charge is -2.21. The first-order valence-corrected chi connectivity index (χ1v) is 6.01. The summed E-state index contributed by atoms with van der Waals surface area (Å²) in [6, 6.07) is 3.66. The van der Waals surface area contributed by atoms with Crippen LogP contribution in [0.1, 0.15) is 25.1 Å². The van der Waals surface area contributed by atoms with E-state index in [1.807, 2.05) is 24.9 Å². The van der Waals surface area contributed by atoms with Crippen molar-refractivity contribution in [3.63, 3.8) is 0 Å². The quantitative estimate of drug-likeness (QED) is 0.850. The Morgan fingerprint density at radius 1 is 1.39 bits per heavy atom. The van der Waals surface area contributed by atoms with Crippen LogP contribution >= 0.6 is 0 Å². The van der Waals surface area contributed by atoms with Crippen LogP contribution in [0.15, 0.2) is 18.3 Å². The molecule has 1 heterocycles. The molecule has 1 aromatic heterocycles. The van der Waals surface area contributed by atoms with Gasteiger partial charge in [-0.2, -0.15) is 0 Å². The van der Waals surface area contributed by atoms with Crippen LogP contribution in [-0.2, 0) is 4.79 Å². The first kappa shape index (κ1) is 14.4. The monoisotopic (exact) mass is 251 g/mol. The van der Waals surface area contributed by atoms with Crippen LogP contribution in [0.5, 0.6) is 0 Å². The van der Waals surface area contributed by atoms with Gasteiger partial charge in [0, 0.05) is 21.1 Å². The lowest BCUT2D eigenvalue weighted by molar-refractivity contribution is -0.127. The summed E-state index contributed by atoms with van der Waals surface area (Å²) in [6.45, 7) is 2.21. The van der Waals surface area contributed by atoms with Crippen LogP contribution in [0.2, 0.25) is 0 Å². The molecule has 0 aromatic carbocycles. The van der Waals surface area contributed by atoms with Crippen LogP contribution < -0.4 is 4.90 Å². The van der Waals surface area contributed by atoms with Gasteiger partial charge in [-0.25, -0.2) is 0 Å². The molecular formula is C13H21N3O2. The van der Waals surface area contributed by atoms with Crippen molar-refractivity contribution < 1.29 is 9.90 Å². The number of carbonyl (C=O) groups is 1. The topological polar surface area (TPSA) is 56.7 Å². The first-order valence-electron chi connectivity index (χ1n) is 6.01. The van der Waals surface area contributed by atoms with Gasteiger partial charge in [-0.05, 0) is 18.6 Å². The molecule has 1 amide bonds. The minimum absolute atomic E-state index is 0.0372. The molecule has 1 rings (SSSR count). The van der Waals surface area contributed by atoms with Crippen LogP contribution in [0.25, 0.3) is 0 Å². The molecular weight excluding hydrogens is 230 g/mol. The Balaban J connectivity index is 2.70. The van der Waals surface area contributed by atoms with Crippen LogP contribution in [0.3, 0.4) is 0 Å². The molecule has 0 bridgehead atoms. The summed E-state index contributed by atoms with van der Waals surface area (Å²) in [5, 5.41) is 9.64. The molecule has 0 fully saturated rings. The first-order chi connectivity index (χ1) is 8.45. The number of hydrogen-bond acceptors (Lipinski definition) is 4. The number of anilines is 1. The number of likely N-dealkylation sites (N-methyl/N-ethyl adjacent to an activating group) is 2. The van der Waals surface area contributed by atoms with E-state index in [-0.39, 0.29) is 5.91 Å². The number of rotatable bonds is 5. The Hall–Kier alpha value is -1.62. The Morgan fingerprint density at radius 2 is 2.06 bits per heavy atom. The second-order valence-electron chi connectivity index (χ2n) is 4.51. The normalized spacial score (nSPS) is 12.1. The average molecular weight is 251 g/mol. The zero-order valence-corrected chi connectivity index (χ0v) is 11.4. The van der Waals surface area contributed by atoms with Crippen molar-refractivity contribution >= 4 is 11.6 Å². The number of carbonyl (C=O) groups excluding carboxylic acids is 1. The molecule has 5 nitrogen and oxygen atoms in total. The van der Waals surface area contributed by atoms with E-state index in [1.54, 1.807) is 31.3 Å². The standard InChI is InChI=1S/C13H21N3O2/c1-5-12(17)11-7-6-10(8-14-11)16(4)9-13(18)15(2)3/h6-8,12,17H,5,9H2,1-4H3. The number of amides is 1. The maximum atomic E-state index is 11.6. The largest absolute Gasteiger partial charge is 0.387 e. The van der Waals surface area contributed by atoms with E-state index in [2.05, 4.69) is 4.98 Å². The van der Waals surface area contributed by atoms with Crippen molar-refractivity contribution in [3.8, 4) is 0 Å². The minimum atomic E-state index is -0.521. The smallest absolute Gasteiger partial charge is 0.241 e. The Labute approximate surface area is 108 Å². The number of aliphatic hydroxyl groups excluding tert-OH is 1. The van der Waals surface area contributed by atoms with E-state index < -0.39 is 6.10 Å². The van der Waals surface area contributed by atoms with E-state index in [0.29, 0.717) is 18.7 Å². The molecule has 1 unspecified atom stereocenters. The van der Waals surface area contributed by atoms with Crippen molar-refractivity contribution in [2.45, 2.75) is 19.4 Å². The van der Waals surface area contributed by atoms with Crippen molar-refractivity contribution in [1.29, 1.82) is 0 Å². The molecule has 0 saturated heterocycles. The third-order valence-electron chi connectivity index (χ3n) is 2.81. The van der Waals surface area contributed by atoms with E-state index in [1.165, 1.54) is 0 Å². The molecule has 100 valence electrons. The lowest BCUT2D eigenvalue weighted by atomic mass is 10.2. The zero-order valence-electron chi connectivity index (χ0n) is 11.4. The van der Waals surface area contributed by atoms with Gasteiger partial charge in [-0.1, -0.05) is 6.92 Å². The molecule has 18 heavy (non-hydrogen) atoms. The van der Waals surface area contributed by atoms with E-state index >= 15 is 0 Å². The van der Waals surface area contributed by atoms with Crippen LogP contribution in [0.4, 0.5) is 5.69 Å². The molecule has 0 radical (unpaired) electrons. The molecule has 5 heteroatoms. The van der Waals surface area contributed by atoms with Gasteiger partial charge in [0.25, 0.3) is 0 Å². The highest BCUT2D eigenvalue weighted by Gasteiger charge is 2.11. The fourth-order valence-electron chi connectivity index (χ4n) is 1.47. The highest BCUT2D eigenvalue weighted by molar-refractivity contribution is 5.80. The van der Waals surface area contributed by atoms with Gasteiger partial charge < -0.3 is 14.9 Å². The number of aromatic nitrogens is 1. The van der Waals surface area contributed by atoms with Crippen LogP contribution in [-0.4, -0.2) is 48.6 Å². The van der Waals surface area contributed by atoms with E-state index in [4.69, 9.17) is 0 Å². The summed E-state index contributed by atoms with van der Waals surface area (Å²) < 4.78 is 0. The summed E-state index contributed by atoms with van der Waals surface area (Å²) in [7, 11) is 5.30. The fraction of sp³-hybridized carbons (Fsp3) is 0.538. The van der Waals surface area contributed by atoms with Crippen molar-refractivity contribution in [1.82, 2.24) is 9.88 Å². The number of pyridine rings is 1. The van der Waals surface area contributed by atoms with Gasteiger partial charge in [-0.15, -0.1) is 0 Å². The highest BCUT2D eigenvalue weighted by atomic mass is 16.3. The zero-order chi connectivity index (χ0) is 13.7. The summed E-state index contributed by atoms with van der Waals surface area (Å²) in [5.41, 5.74) is 1.52. The Bertz CT molecular complexity index is 390. The SMILES string of the molecule is CCC(O)c1ccc(N(C)CC(=O)N(C)C)cn1. The summed E-state index contributed by atoms with van der Waals surface area (Å²) in [4.78, 5) is 19.2. The summed E-state index contributed by atoms with van der Waals surface area (Å²) >= 11 is 0. The maximum absolute atomic E-state index is 11.6. The predicted octanol–water partition coefficient (Wildman–Crippen LogP) is 1.05. The average Bonchev–Trinajstić information content (AvgIpc) is 2.37.